The molecule has 1 N–H and O–H groups in total. The van der Waals surface area contributed by atoms with Crippen LogP contribution in [0.15, 0.2) is 18.2 Å². The average Bonchev–Trinajstić information content (AvgIpc) is 2.15. The Kier molecular flexibility index (Phi) is 4.61. The van der Waals surface area contributed by atoms with Gasteiger partial charge in [-0.15, -0.1) is 0 Å². The molecular weight excluding hydrogens is 211 g/mol. The van der Waals surface area contributed by atoms with E-state index in [1.165, 1.54) is 6.07 Å². The first kappa shape index (κ1) is 12.5. The van der Waals surface area contributed by atoms with Crippen molar-refractivity contribution in [2.75, 3.05) is 0 Å². The van der Waals surface area contributed by atoms with E-state index in [0.717, 1.165) is 16.9 Å². The zero-order valence-corrected chi connectivity index (χ0v) is 10.1. The third-order valence-electron chi connectivity index (χ3n) is 2.49. The number of aliphatic hydroxyl groups excluding tert-OH is 1. The Labute approximate surface area is 94.7 Å². The minimum Gasteiger partial charge on any atom is -0.392 e. The molecule has 2 unspecified atom stereocenters. The van der Waals surface area contributed by atoms with Crippen molar-refractivity contribution in [1.29, 1.82) is 0 Å². The lowest BCUT2D eigenvalue weighted by atomic mass is 10.1. The van der Waals surface area contributed by atoms with Gasteiger partial charge in [0.1, 0.15) is 5.82 Å². The van der Waals surface area contributed by atoms with Crippen molar-refractivity contribution < 1.29 is 9.50 Å². The quantitative estimate of drug-likeness (QED) is 0.854. The highest BCUT2D eigenvalue weighted by molar-refractivity contribution is 7.99. The topological polar surface area (TPSA) is 20.2 Å². The second kappa shape index (κ2) is 5.52. The molecule has 0 aromatic heterocycles. The molecule has 1 rings (SSSR count). The van der Waals surface area contributed by atoms with Gasteiger partial charge in [0.25, 0.3) is 0 Å². The molecule has 84 valence electrons. The van der Waals surface area contributed by atoms with E-state index in [2.05, 4.69) is 0 Å². The van der Waals surface area contributed by atoms with Crippen molar-refractivity contribution in [2.24, 2.45) is 0 Å². The second-order valence-electron chi connectivity index (χ2n) is 3.83. The summed E-state index contributed by atoms with van der Waals surface area (Å²) in [5.41, 5.74) is 2.11. The fourth-order valence-electron chi connectivity index (χ4n) is 1.18. The van der Waals surface area contributed by atoms with E-state index >= 15 is 0 Å². The van der Waals surface area contributed by atoms with Crippen LogP contribution in [0.5, 0.6) is 0 Å². The molecule has 0 saturated heterocycles. The van der Waals surface area contributed by atoms with Crippen LogP contribution < -0.4 is 0 Å². The normalized spacial score (nSPS) is 15.0. The van der Waals surface area contributed by atoms with E-state index in [0.29, 0.717) is 0 Å². The molecule has 1 nitrogen and oxygen atoms in total. The van der Waals surface area contributed by atoms with Crippen LogP contribution in [0.4, 0.5) is 4.39 Å². The highest BCUT2D eigenvalue weighted by Gasteiger charge is 2.10. The van der Waals surface area contributed by atoms with Gasteiger partial charge in [-0.05, 0) is 37.1 Å². The van der Waals surface area contributed by atoms with Crippen molar-refractivity contribution in [3.63, 3.8) is 0 Å². The number of thioether (sulfide) groups is 1. The molecule has 0 amide bonds. The maximum Gasteiger partial charge on any atom is 0.123 e. The van der Waals surface area contributed by atoms with E-state index < -0.39 is 0 Å². The number of hydrogen-bond acceptors (Lipinski definition) is 2. The Morgan fingerprint density at radius 3 is 2.60 bits per heavy atom. The summed E-state index contributed by atoms with van der Waals surface area (Å²) in [6.45, 7) is 5.69. The SMILES string of the molecule is Cc1cc(F)ccc1CSC(C)C(C)O. The highest BCUT2D eigenvalue weighted by atomic mass is 32.2. The van der Waals surface area contributed by atoms with Gasteiger partial charge in [0.2, 0.25) is 0 Å². The Bertz CT molecular complexity index is 325. The molecule has 0 radical (unpaired) electrons. The Morgan fingerprint density at radius 1 is 1.40 bits per heavy atom. The van der Waals surface area contributed by atoms with Crippen LogP contribution in [0.2, 0.25) is 0 Å². The van der Waals surface area contributed by atoms with Crippen LogP contribution in [0.25, 0.3) is 0 Å². The maximum absolute atomic E-state index is 12.8. The molecule has 0 spiro atoms. The molecule has 2 atom stereocenters. The minimum absolute atomic E-state index is 0.190. The van der Waals surface area contributed by atoms with E-state index in [1.54, 1.807) is 24.8 Å². The summed E-state index contributed by atoms with van der Waals surface area (Å²) in [6.07, 6.45) is -0.309. The summed E-state index contributed by atoms with van der Waals surface area (Å²) in [5.74, 6) is 0.628. The second-order valence-corrected chi connectivity index (χ2v) is 5.19. The van der Waals surface area contributed by atoms with E-state index in [1.807, 2.05) is 19.9 Å². The predicted molar refractivity (Wildman–Crippen MR) is 63.6 cm³/mol. The number of aryl methyl sites for hydroxylation is 1. The summed E-state index contributed by atoms with van der Waals surface area (Å²) in [6, 6.07) is 4.84. The lowest BCUT2D eigenvalue weighted by Crippen LogP contribution is -2.15. The molecule has 0 aliphatic rings. The minimum atomic E-state index is -0.309. The molecule has 0 fully saturated rings. The van der Waals surface area contributed by atoms with Gasteiger partial charge in [-0.1, -0.05) is 13.0 Å². The molecule has 1 aromatic carbocycles. The molecule has 15 heavy (non-hydrogen) atoms. The van der Waals surface area contributed by atoms with Crippen LogP contribution in [0.3, 0.4) is 0 Å². The van der Waals surface area contributed by atoms with Crippen molar-refractivity contribution in [2.45, 2.75) is 37.9 Å². The van der Waals surface area contributed by atoms with E-state index in [9.17, 15) is 9.50 Å². The van der Waals surface area contributed by atoms with Gasteiger partial charge >= 0.3 is 0 Å². The van der Waals surface area contributed by atoms with Crippen LogP contribution >= 0.6 is 11.8 Å². The average molecular weight is 228 g/mol. The van der Waals surface area contributed by atoms with Crippen LogP contribution in [0, 0.1) is 12.7 Å². The lowest BCUT2D eigenvalue weighted by molar-refractivity contribution is 0.196. The smallest absolute Gasteiger partial charge is 0.123 e. The van der Waals surface area contributed by atoms with Gasteiger partial charge in [0, 0.05) is 11.0 Å². The Hall–Kier alpha value is -0.540. The third-order valence-corrected chi connectivity index (χ3v) is 3.88. The largest absolute Gasteiger partial charge is 0.392 e. The first-order valence-corrected chi connectivity index (χ1v) is 6.10. The molecular formula is C12H17FOS. The monoisotopic (exact) mass is 228 g/mol. The predicted octanol–water partition coefficient (Wildman–Crippen LogP) is 3.14. The first-order chi connectivity index (χ1) is 7.00. The van der Waals surface area contributed by atoms with Crippen molar-refractivity contribution in [3.8, 4) is 0 Å². The van der Waals surface area contributed by atoms with Gasteiger partial charge in [0.15, 0.2) is 0 Å². The Balaban J connectivity index is 2.58. The molecule has 1 aromatic rings. The first-order valence-electron chi connectivity index (χ1n) is 5.05. The molecule has 0 heterocycles. The molecule has 3 heteroatoms. The fourth-order valence-corrected chi connectivity index (χ4v) is 2.23. The zero-order chi connectivity index (χ0) is 11.4. The van der Waals surface area contributed by atoms with Gasteiger partial charge in [-0.3, -0.25) is 0 Å². The standard InChI is InChI=1S/C12H17FOS/c1-8-6-12(13)5-4-11(8)7-15-10(3)9(2)14/h4-6,9-10,14H,7H2,1-3H3. The lowest BCUT2D eigenvalue weighted by Gasteiger charge is -2.14. The summed E-state index contributed by atoms with van der Waals surface area (Å²) in [5, 5.41) is 9.53. The summed E-state index contributed by atoms with van der Waals surface area (Å²) in [7, 11) is 0. The number of halogens is 1. The number of benzene rings is 1. The number of aliphatic hydroxyl groups is 1. The molecule has 0 aliphatic heterocycles. The summed E-state index contributed by atoms with van der Waals surface area (Å²) in [4.78, 5) is 0. The molecule has 0 saturated carbocycles. The number of hydrogen-bond donors (Lipinski definition) is 1. The van der Waals surface area contributed by atoms with Gasteiger partial charge in [0.05, 0.1) is 6.10 Å². The summed E-state index contributed by atoms with van der Waals surface area (Å²) < 4.78 is 12.8. The molecule has 0 bridgehead atoms. The van der Waals surface area contributed by atoms with Crippen molar-refractivity contribution in [1.82, 2.24) is 0 Å². The third kappa shape index (κ3) is 3.84. The number of rotatable bonds is 4. The van der Waals surface area contributed by atoms with E-state index in [-0.39, 0.29) is 17.2 Å². The van der Waals surface area contributed by atoms with Gasteiger partial charge < -0.3 is 5.11 Å². The summed E-state index contributed by atoms with van der Waals surface area (Å²) >= 11 is 1.69. The van der Waals surface area contributed by atoms with Crippen molar-refractivity contribution in [3.05, 3.63) is 35.1 Å². The molecule has 0 aliphatic carbocycles. The zero-order valence-electron chi connectivity index (χ0n) is 9.33. The Morgan fingerprint density at radius 2 is 2.07 bits per heavy atom. The van der Waals surface area contributed by atoms with Gasteiger partial charge in [-0.25, -0.2) is 4.39 Å². The maximum atomic E-state index is 12.8. The van der Waals surface area contributed by atoms with Crippen LogP contribution in [-0.4, -0.2) is 16.5 Å². The fraction of sp³-hybridized carbons (Fsp3) is 0.500. The van der Waals surface area contributed by atoms with Gasteiger partial charge in [-0.2, -0.15) is 11.8 Å². The van der Waals surface area contributed by atoms with Crippen LogP contribution in [-0.2, 0) is 5.75 Å². The van der Waals surface area contributed by atoms with E-state index in [4.69, 9.17) is 0 Å². The van der Waals surface area contributed by atoms with Crippen molar-refractivity contribution >= 4 is 11.8 Å². The highest BCUT2D eigenvalue weighted by Crippen LogP contribution is 2.22. The van der Waals surface area contributed by atoms with Crippen LogP contribution in [0.1, 0.15) is 25.0 Å².